The minimum Gasteiger partial charge on any atom is -0.358 e. The molecule has 12 heavy (non-hydrogen) atoms. The Labute approximate surface area is 77.0 Å². The van der Waals surface area contributed by atoms with Crippen molar-refractivity contribution in [2.45, 2.75) is 32.4 Å². The molecule has 0 radical (unpaired) electrons. The lowest BCUT2D eigenvalue weighted by Crippen LogP contribution is -2.37. The van der Waals surface area contributed by atoms with E-state index in [-0.39, 0.29) is 6.04 Å². The van der Waals surface area contributed by atoms with Crippen LogP contribution in [-0.2, 0) is 0 Å². The molecule has 0 aliphatic rings. The van der Waals surface area contributed by atoms with E-state index >= 15 is 0 Å². The first-order chi connectivity index (χ1) is 5.74. The van der Waals surface area contributed by atoms with Crippen LogP contribution in [0.2, 0.25) is 0 Å². The predicted octanol–water partition coefficient (Wildman–Crippen LogP) is 1.68. The molecule has 4 heteroatoms. The predicted molar refractivity (Wildman–Crippen MR) is 53.5 cm³/mol. The molecule has 1 heterocycles. The van der Waals surface area contributed by atoms with Gasteiger partial charge in [-0.1, -0.05) is 6.92 Å². The summed E-state index contributed by atoms with van der Waals surface area (Å²) in [5.41, 5.74) is 5.85. The van der Waals surface area contributed by atoms with E-state index in [2.05, 4.69) is 24.1 Å². The molecule has 1 rings (SSSR count). The SMILES string of the molecule is CCC(N)C(C)Nc1nccs1. The van der Waals surface area contributed by atoms with Gasteiger partial charge in [-0.2, -0.15) is 0 Å². The van der Waals surface area contributed by atoms with Crippen molar-refractivity contribution in [2.24, 2.45) is 5.73 Å². The van der Waals surface area contributed by atoms with E-state index in [1.165, 1.54) is 0 Å². The third-order valence-corrected chi connectivity index (χ3v) is 2.60. The van der Waals surface area contributed by atoms with Crippen LogP contribution in [0.1, 0.15) is 20.3 Å². The Bertz CT molecular complexity index is 210. The van der Waals surface area contributed by atoms with Crippen LogP contribution in [0.25, 0.3) is 0 Å². The molecular formula is C8H15N3S. The zero-order valence-corrected chi connectivity index (χ0v) is 8.27. The van der Waals surface area contributed by atoms with Crippen LogP contribution in [0.4, 0.5) is 5.13 Å². The number of nitrogens with two attached hydrogens (primary N) is 1. The van der Waals surface area contributed by atoms with Gasteiger partial charge in [0.25, 0.3) is 0 Å². The number of rotatable bonds is 4. The average molecular weight is 185 g/mol. The second kappa shape index (κ2) is 4.42. The van der Waals surface area contributed by atoms with Crippen molar-refractivity contribution >= 4 is 16.5 Å². The quantitative estimate of drug-likeness (QED) is 0.750. The second-order valence-corrected chi connectivity index (χ2v) is 3.74. The molecule has 2 unspecified atom stereocenters. The Kier molecular flexibility index (Phi) is 3.49. The van der Waals surface area contributed by atoms with Gasteiger partial charge in [0.05, 0.1) is 0 Å². The molecule has 2 atom stereocenters. The fourth-order valence-electron chi connectivity index (χ4n) is 0.950. The first-order valence-electron chi connectivity index (χ1n) is 4.15. The van der Waals surface area contributed by atoms with E-state index in [4.69, 9.17) is 5.73 Å². The Morgan fingerprint density at radius 3 is 3.00 bits per heavy atom. The lowest BCUT2D eigenvalue weighted by atomic mass is 10.1. The molecule has 0 saturated heterocycles. The third kappa shape index (κ3) is 2.46. The van der Waals surface area contributed by atoms with Crippen LogP contribution < -0.4 is 11.1 Å². The molecule has 0 aliphatic heterocycles. The lowest BCUT2D eigenvalue weighted by Gasteiger charge is -2.18. The van der Waals surface area contributed by atoms with Crippen molar-refractivity contribution in [3.63, 3.8) is 0 Å². The van der Waals surface area contributed by atoms with E-state index in [1.807, 2.05) is 5.38 Å². The molecule has 0 amide bonds. The van der Waals surface area contributed by atoms with Gasteiger partial charge in [-0.25, -0.2) is 4.98 Å². The molecule has 0 aliphatic carbocycles. The molecule has 1 aromatic heterocycles. The number of anilines is 1. The summed E-state index contributed by atoms with van der Waals surface area (Å²) in [6, 6.07) is 0.495. The van der Waals surface area contributed by atoms with E-state index in [9.17, 15) is 0 Å². The molecule has 0 saturated carbocycles. The van der Waals surface area contributed by atoms with E-state index in [1.54, 1.807) is 17.5 Å². The van der Waals surface area contributed by atoms with Gasteiger partial charge in [0.2, 0.25) is 0 Å². The first kappa shape index (κ1) is 9.48. The number of hydrogen-bond acceptors (Lipinski definition) is 4. The van der Waals surface area contributed by atoms with Crippen LogP contribution in [-0.4, -0.2) is 17.1 Å². The minimum atomic E-state index is 0.203. The standard InChI is InChI=1S/C8H15N3S/c1-3-7(9)6(2)11-8-10-4-5-12-8/h4-7H,3,9H2,1-2H3,(H,10,11). The summed E-state index contributed by atoms with van der Waals surface area (Å²) in [5.74, 6) is 0. The van der Waals surface area contributed by atoms with Gasteiger partial charge < -0.3 is 11.1 Å². The summed E-state index contributed by atoms with van der Waals surface area (Å²) in [6.45, 7) is 4.17. The summed E-state index contributed by atoms with van der Waals surface area (Å²) in [7, 11) is 0. The fourth-order valence-corrected chi connectivity index (χ4v) is 1.58. The highest BCUT2D eigenvalue weighted by molar-refractivity contribution is 7.13. The van der Waals surface area contributed by atoms with Gasteiger partial charge in [-0.15, -0.1) is 11.3 Å². The van der Waals surface area contributed by atoms with Crippen molar-refractivity contribution in [3.8, 4) is 0 Å². The van der Waals surface area contributed by atoms with Gasteiger partial charge in [0.15, 0.2) is 5.13 Å². The summed E-state index contributed by atoms with van der Waals surface area (Å²) < 4.78 is 0. The van der Waals surface area contributed by atoms with Gasteiger partial charge in [-0.3, -0.25) is 0 Å². The monoisotopic (exact) mass is 185 g/mol. The molecular weight excluding hydrogens is 170 g/mol. The van der Waals surface area contributed by atoms with Gasteiger partial charge >= 0.3 is 0 Å². The normalized spacial score (nSPS) is 15.6. The number of thiazole rings is 1. The molecule has 0 spiro atoms. The topological polar surface area (TPSA) is 50.9 Å². The Morgan fingerprint density at radius 1 is 1.75 bits per heavy atom. The average Bonchev–Trinajstić information content (AvgIpc) is 2.55. The largest absolute Gasteiger partial charge is 0.358 e. The molecule has 1 aromatic rings. The zero-order chi connectivity index (χ0) is 8.97. The highest BCUT2D eigenvalue weighted by atomic mass is 32.1. The zero-order valence-electron chi connectivity index (χ0n) is 7.45. The van der Waals surface area contributed by atoms with Crippen molar-refractivity contribution in [2.75, 3.05) is 5.32 Å². The lowest BCUT2D eigenvalue weighted by molar-refractivity contribution is 0.573. The number of hydrogen-bond donors (Lipinski definition) is 2. The van der Waals surface area contributed by atoms with Crippen molar-refractivity contribution in [1.82, 2.24) is 4.98 Å². The van der Waals surface area contributed by atoms with Gasteiger partial charge in [0, 0.05) is 23.7 Å². The summed E-state index contributed by atoms with van der Waals surface area (Å²) in [4.78, 5) is 4.12. The maximum Gasteiger partial charge on any atom is 0.182 e. The smallest absolute Gasteiger partial charge is 0.182 e. The molecule has 68 valence electrons. The van der Waals surface area contributed by atoms with Gasteiger partial charge in [0.1, 0.15) is 0 Å². The van der Waals surface area contributed by atoms with Crippen LogP contribution >= 0.6 is 11.3 Å². The van der Waals surface area contributed by atoms with Crippen LogP contribution in [0.15, 0.2) is 11.6 Å². The molecule has 0 bridgehead atoms. The maximum atomic E-state index is 5.85. The maximum absolute atomic E-state index is 5.85. The Balaban J connectivity index is 2.41. The molecule has 0 aromatic carbocycles. The van der Waals surface area contributed by atoms with Crippen molar-refractivity contribution in [3.05, 3.63) is 11.6 Å². The molecule has 3 N–H and O–H groups in total. The molecule has 3 nitrogen and oxygen atoms in total. The summed E-state index contributed by atoms with van der Waals surface area (Å²) >= 11 is 1.60. The number of aromatic nitrogens is 1. The van der Waals surface area contributed by atoms with Crippen molar-refractivity contribution < 1.29 is 0 Å². The van der Waals surface area contributed by atoms with E-state index in [0.29, 0.717) is 6.04 Å². The Morgan fingerprint density at radius 2 is 2.50 bits per heavy atom. The first-order valence-corrected chi connectivity index (χ1v) is 5.03. The Hall–Kier alpha value is -0.610. The molecule has 0 fully saturated rings. The van der Waals surface area contributed by atoms with Crippen LogP contribution in [0, 0.1) is 0 Å². The van der Waals surface area contributed by atoms with Crippen LogP contribution in [0.5, 0.6) is 0 Å². The second-order valence-electron chi connectivity index (χ2n) is 2.84. The van der Waals surface area contributed by atoms with E-state index < -0.39 is 0 Å². The van der Waals surface area contributed by atoms with E-state index in [0.717, 1.165) is 11.6 Å². The van der Waals surface area contributed by atoms with Crippen molar-refractivity contribution in [1.29, 1.82) is 0 Å². The number of nitrogens with one attached hydrogen (secondary N) is 1. The van der Waals surface area contributed by atoms with Crippen LogP contribution in [0.3, 0.4) is 0 Å². The fraction of sp³-hybridized carbons (Fsp3) is 0.625. The summed E-state index contributed by atoms with van der Waals surface area (Å²) in [5, 5.41) is 6.16. The minimum absolute atomic E-state index is 0.203. The highest BCUT2D eigenvalue weighted by Gasteiger charge is 2.10. The third-order valence-electron chi connectivity index (χ3n) is 1.90. The highest BCUT2D eigenvalue weighted by Crippen LogP contribution is 2.12. The number of nitrogens with zero attached hydrogens (tertiary/aromatic N) is 1. The summed E-state index contributed by atoms with van der Waals surface area (Å²) in [6.07, 6.45) is 2.77. The van der Waals surface area contributed by atoms with Gasteiger partial charge in [-0.05, 0) is 13.3 Å².